The van der Waals surface area contributed by atoms with E-state index in [0.29, 0.717) is 6.54 Å². The van der Waals surface area contributed by atoms with Gasteiger partial charge in [0, 0.05) is 12.6 Å². The maximum atomic E-state index is 9.57. The van der Waals surface area contributed by atoms with Crippen LogP contribution in [0.3, 0.4) is 0 Å². The number of aromatic nitrogens is 4. The van der Waals surface area contributed by atoms with E-state index in [9.17, 15) is 5.11 Å². The van der Waals surface area contributed by atoms with E-state index in [1.54, 1.807) is 11.0 Å². The molecule has 1 heterocycles. The third kappa shape index (κ3) is 3.59. The smallest absolute Gasteiger partial charge is 0.143 e. The minimum absolute atomic E-state index is 0.164. The average molecular weight is 261 g/mol. The second-order valence-electron chi connectivity index (χ2n) is 4.54. The Morgan fingerprint density at radius 2 is 2.26 bits per heavy atom. The SMILES string of the molecule is CCC(O)CNC(C)c1cccc(-n2cnnn2)c1. The van der Waals surface area contributed by atoms with Gasteiger partial charge in [0.2, 0.25) is 0 Å². The molecule has 0 spiro atoms. The molecule has 2 atom stereocenters. The Kier molecular flexibility index (Phi) is 4.59. The summed E-state index contributed by atoms with van der Waals surface area (Å²) in [6.45, 7) is 4.63. The minimum Gasteiger partial charge on any atom is -0.392 e. The van der Waals surface area contributed by atoms with Gasteiger partial charge in [-0.1, -0.05) is 19.1 Å². The summed E-state index contributed by atoms with van der Waals surface area (Å²) in [7, 11) is 0. The molecule has 0 radical (unpaired) electrons. The van der Waals surface area contributed by atoms with Crippen LogP contribution in [0.15, 0.2) is 30.6 Å². The molecule has 0 aliphatic heterocycles. The number of aliphatic hydroxyl groups excluding tert-OH is 1. The van der Waals surface area contributed by atoms with E-state index in [4.69, 9.17) is 0 Å². The molecule has 2 rings (SSSR count). The van der Waals surface area contributed by atoms with E-state index in [2.05, 4.69) is 27.8 Å². The number of nitrogens with zero attached hydrogens (tertiary/aromatic N) is 4. The van der Waals surface area contributed by atoms with E-state index in [-0.39, 0.29) is 12.1 Å². The van der Waals surface area contributed by atoms with Gasteiger partial charge in [-0.25, -0.2) is 4.68 Å². The maximum absolute atomic E-state index is 9.57. The minimum atomic E-state index is -0.301. The molecule has 2 N–H and O–H groups in total. The Labute approximate surface area is 112 Å². The number of aliphatic hydroxyl groups is 1. The molecule has 102 valence electrons. The van der Waals surface area contributed by atoms with Gasteiger partial charge in [-0.05, 0) is 41.5 Å². The first-order valence-electron chi connectivity index (χ1n) is 6.45. The van der Waals surface area contributed by atoms with Crippen molar-refractivity contribution in [1.29, 1.82) is 0 Å². The molecule has 6 heteroatoms. The van der Waals surface area contributed by atoms with Crippen LogP contribution < -0.4 is 5.32 Å². The molecule has 0 aliphatic rings. The largest absolute Gasteiger partial charge is 0.392 e. The van der Waals surface area contributed by atoms with Gasteiger partial charge in [0.25, 0.3) is 0 Å². The first kappa shape index (κ1) is 13.6. The van der Waals surface area contributed by atoms with Crippen LogP contribution in [-0.4, -0.2) is 38.0 Å². The van der Waals surface area contributed by atoms with Crippen LogP contribution in [0.1, 0.15) is 31.9 Å². The zero-order chi connectivity index (χ0) is 13.7. The van der Waals surface area contributed by atoms with Crippen LogP contribution in [0.2, 0.25) is 0 Å². The molecule has 0 aliphatic carbocycles. The lowest BCUT2D eigenvalue weighted by Gasteiger charge is -2.17. The summed E-state index contributed by atoms with van der Waals surface area (Å²) < 4.78 is 1.62. The predicted octanol–water partition coefficient (Wildman–Crippen LogP) is 1.08. The van der Waals surface area contributed by atoms with Crippen molar-refractivity contribution >= 4 is 0 Å². The van der Waals surface area contributed by atoms with E-state index in [1.165, 1.54) is 0 Å². The van der Waals surface area contributed by atoms with Gasteiger partial charge in [0.15, 0.2) is 0 Å². The molecular formula is C13H19N5O. The van der Waals surface area contributed by atoms with E-state index in [1.807, 2.05) is 31.2 Å². The molecule has 19 heavy (non-hydrogen) atoms. The van der Waals surface area contributed by atoms with Crippen molar-refractivity contribution < 1.29 is 5.11 Å². The lowest BCUT2D eigenvalue weighted by molar-refractivity contribution is 0.164. The summed E-state index contributed by atoms with van der Waals surface area (Å²) in [5, 5.41) is 24.0. The van der Waals surface area contributed by atoms with Crippen molar-refractivity contribution in [3.8, 4) is 5.69 Å². The Balaban J connectivity index is 2.06. The Morgan fingerprint density at radius 1 is 1.42 bits per heavy atom. The highest BCUT2D eigenvalue weighted by Crippen LogP contribution is 2.16. The van der Waals surface area contributed by atoms with Gasteiger partial charge in [0.05, 0.1) is 11.8 Å². The maximum Gasteiger partial charge on any atom is 0.143 e. The van der Waals surface area contributed by atoms with E-state index >= 15 is 0 Å². The first-order valence-corrected chi connectivity index (χ1v) is 6.45. The van der Waals surface area contributed by atoms with E-state index in [0.717, 1.165) is 17.7 Å². The molecule has 1 aromatic heterocycles. The number of hydrogen-bond donors (Lipinski definition) is 2. The first-order chi connectivity index (χ1) is 9.20. The second-order valence-corrected chi connectivity index (χ2v) is 4.54. The third-order valence-corrected chi connectivity index (χ3v) is 3.11. The Hall–Kier alpha value is -1.79. The Morgan fingerprint density at radius 3 is 2.95 bits per heavy atom. The molecule has 0 fully saturated rings. The number of benzene rings is 1. The molecule has 0 amide bonds. The highest BCUT2D eigenvalue weighted by molar-refractivity contribution is 5.35. The molecule has 0 bridgehead atoms. The van der Waals surface area contributed by atoms with Crippen LogP contribution >= 0.6 is 0 Å². The Bertz CT molecular complexity index is 499. The van der Waals surface area contributed by atoms with Crippen molar-refractivity contribution in [1.82, 2.24) is 25.5 Å². The molecular weight excluding hydrogens is 242 g/mol. The summed E-state index contributed by atoms with van der Waals surface area (Å²) in [5.41, 5.74) is 2.06. The molecule has 1 aromatic carbocycles. The van der Waals surface area contributed by atoms with Gasteiger partial charge < -0.3 is 10.4 Å². The van der Waals surface area contributed by atoms with Crippen molar-refractivity contribution in [3.63, 3.8) is 0 Å². The summed E-state index contributed by atoms with van der Waals surface area (Å²) in [6.07, 6.45) is 2.02. The fourth-order valence-corrected chi connectivity index (χ4v) is 1.79. The topological polar surface area (TPSA) is 75.9 Å². The van der Waals surface area contributed by atoms with Gasteiger partial charge in [0.1, 0.15) is 6.33 Å². The number of nitrogens with one attached hydrogen (secondary N) is 1. The van der Waals surface area contributed by atoms with Crippen molar-refractivity contribution in [2.24, 2.45) is 0 Å². The highest BCUT2D eigenvalue weighted by Gasteiger charge is 2.08. The number of tetrazole rings is 1. The van der Waals surface area contributed by atoms with Crippen LogP contribution in [0.25, 0.3) is 5.69 Å². The van der Waals surface area contributed by atoms with Crippen molar-refractivity contribution in [2.75, 3.05) is 6.54 Å². The lowest BCUT2D eigenvalue weighted by Crippen LogP contribution is -2.28. The zero-order valence-electron chi connectivity index (χ0n) is 11.2. The summed E-state index contributed by atoms with van der Waals surface area (Å²) in [4.78, 5) is 0. The molecule has 0 saturated heterocycles. The van der Waals surface area contributed by atoms with E-state index < -0.39 is 0 Å². The third-order valence-electron chi connectivity index (χ3n) is 3.11. The molecule has 2 aromatic rings. The summed E-state index contributed by atoms with van der Waals surface area (Å²) >= 11 is 0. The average Bonchev–Trinajstić information content (AvgIpc) is 2.98. The quantitative estimate of drug-likeness (QED) is 0.814. The fraction of sp³-hybridized carbons (Fsp3) is 0.462. The molecule has 6 nitrogen and oxygen atoms in total. The molecule has 2 unspecified atom stereocenters. The number of hydrogen-bond acceptors (Lipinski definition) is 5. The van der Waals surface area contributed by atoms with Crippen LogP contribution in [0, 0.1) is 0 Å². The van der Waals surface area contributed by atoms with Crippen LogP contribution in [0.5, 0.6) is 0 Å². The molecule has 0 saturated carbocycles. The van der Waals surface area contributed by atoms with Gasteiger partial charge in [-0.3, -0.25) is 0 Å². The second kappa shape index (κ2) is 6.40. The summed E-state index contributed by atoms with van der Waals surface area (Å²) in [6, 6.07) is 8.17. The van der Waals surface area contributed by atoms with Gasteiger partial charge in [-0.2, -0.15) is 0 Å². The normalized spacial score (nSPS) is 14.3. The monoisotopic (exact) mass is 261 g/mol. The standard InChI is InChI=1S/C13H19N5O/c1-3-13(19)8-14-10(2)11-5-4-6-12(7-11)18-9-15-16-17-18/h4-7,9-10,13-14,19H,3,8H2,1-2H3. The van der Waals surface area contributed by atoms with Crippen molar-refractivity contribution in [2.45, 2.75) is 32.4 Å². The zero-order valence-corrected chi connectivity index (χ0v) is 11.2. The van der Waals surface area contributed by atoms with Crippen molar-refractivity contribution in [3.05, 3.63) is 36.2 Å². The lowest BCUT2D eigenvalue weighted by atomic mass is 10.1. The number of rotatable bonds is 6. The fourth-order valence-electron chi connectivity index (χ4n) is 1.79. The van der Waals surface area contributed by atoms with Gasteiger partial charge >= 0.3 is 0 Å². The van der Waals surface area contributed by atoms with Gasteiger partial charge in [-0.15, -0.1) is 5.10 Å². The van der Waals surface area contributed by atoms with Crippen LogP contribution in [-0.2, 0) is 0 Å². The summed E-state index contributed by atoms with van der Waals surface area (Å²) in [5.74, 6) is 0. The van der Waals surface area contributed by atoms with Crippen LogP contribution in [0.4, 0.5) is 0 Å². The highest BCUT2D eigenvalue weighted by atomic mass is 16.3. The predicted molar refractivity (Wildman–Crippen MR) is 71.9 cm³/mol.